The Labute approximate surface area is 64.7 Å². The maximum atomic E-state index is 9.48. The molecule has 5 nitrogen and oxygen atoms in total. The van der Waals surface area contributed by atoms with Crippen molar-refractivity contribution >= 4 is 6.03 Å². The molecule has 1 heterocycles. The van der Waals surface area contributed by atoms with Crippen LogP contribution in [0.4, 0.5) is 4.79 Å². The number of amides is 2. The van der Waals surface area contributed by atoms with Crippen molar-refractivity contribution in [3.63, 3.8) is 0 Å². The van der Waals surface area contributed by atoms with E-state index in [9.17, 15) is 4.79 Å². The summed E-state index contributed by atoms with van der Waals surface area (Å²) in [6.07, 6.45) is 4.88. The molecule has 0 radical (unpaired) electrons. The molecule has 0 fully saturated rings. The second-order valence-corrected chi connectivity index (χ2v) is 1.52. The van der Waals surface area contributed by atoms with E-state index in [0.29, 0.717) is 0 Å². The SMILES string of the molecule is CNC(N)=O.c1cncnc1. The number of nitrogens with one attached hydrogen (secondary N) is 1. The predicted octanol–water partition coefficient (Wildman–Crippen LogP) is -0.239. The fourth-order valence-electron chi connectivity index (χ4n) is 0.253. The summed E-state index contributed by atoms with van der Waals surface area (Å²) in [4.78, 5) is 16.8. The number of primary amides is 1. The molecule has 5 heteroatoms. The summed E-state index contributed by atoms with van der Waals surface area (Å²) in [6, 6.07) is 1.28. The van der Waals surface area contributed by atoms with Crippen LogP contribution >= 0.6 is 0 Å². The molecule has 0 aliphatic rings. The van der Waals surface area contributed by atoms with Gasteiger partial charge in [-0.2, -0.15) is 0 Å². The second-order valence-electron chi connectivity index (χ2n) is 1.52. The molecule has 1 aromatic heterocycles. The Morgan fingerprint density at radius 3 is 2.00 bits per heavy atom. The van der Waals surface area contributed by atoms with E-state index < -0.39 is 6.03 Å². The average Bonchev–Trinajstić information content (AvgIpc) is 2.09. The van der Waals surface area contributed by atoms with Gasteiger partial charge in [0.05, 0.1) is 0 Å². The Hall–Kier alpha value is -1.65. The van der Waals surface area contributed by atoms with E-state index in [1.165, 1.54) is 13.4 Å². The summed E-state index contributed by atoms with van der Waals surface area (Å²) in [5.74, 6) is 0. The van der Waals surface area contributed by atoms with E-state index in [1.807, 2.05) is 0 Å². The van der Waals surface area contributed by atoms with Crippen molar-refractivity contribution in [1.82, 2.24) is 15.3 Å². The van der Waals surface area contributed by atoms with Crippen molar-refractivity contribution in [1.29, 1.82) is 0 Å². The molecule has 3 N–H and O–H groups in total. The van der Waals surface area contributed by atoms with Gasteiger partial charge in [-0.15, -0.1) is 0 Å². The third-order valence-corrected chi connectivity index (χ3v) is 0.724. The lowest BCUT2D eigenvalue weighted by molar-refractivity contribution is 0.251. The first kappa shape index (κ1) is 9.35. The molecule has 2 amide bonds. The van der Waals surface area contributed by atoms with Crippen LogP contribution in [-0.4, -0.2) is 23.0 Å². The fraction of sp³-hybridized carbons (Fsp3) is 0.167. The lowest BCUT2D eigenvalue weighted by Crippen LogP contribution is -2.24. The highest BCUT2D eigenvalue weighted by molar-refractivity contribution is 5.71. The number of nitrogens with two attached hydrogens (primary N) is 1. The van der Waals surface area contributed by atoms with Crippen LogP contribution in [0.25, 0.3) is 0 Å². The quantitative estimate of drug-likeness (QED) is 0.541. The monoisotopic (exact) mass is 154 g/mol. The summed E-state index contributed by atoms with van der Waals surface area (Å²) in [5, 5.41) is 2.17. The Morgan fingerprint density at radius 2 is 1.91 bits per heavy atom. The Morgan fingerprint density at radius 1 is 1.45 bits per heavy atom. The number of aromatic nitrogens is 2. The molecule has 0 saturated carbocycles. The topological polar surface area (TPSA) is 80.9 Å². The average molecular weight is 154 g/mol. The van der Waals surface area contributed by atoms with E-state index in [2.05, 4.69) is 21.0 Å². The molecular formula is C6H10N4O. The van der Waals surface area contributed by atoms with Crippen LogP contribution in [-0.2, 0) is 0 Å². The van der Waals surface area contributed by atoms with Crippen molar-refractivity contribution in [3.05, 3.63) is 24.8 Å². The van der Waals surface area contributed by atoms with E-state index in [0.717, 1.165) is 0 Å². The molecule has 0 saturated heterocycles. The van der Waals surface area contributed by atoms with Crippen LogP contribution in [0.2, 0.25) is 0 Å². The molecule has 0 atom stereocenters. The van der Waals surface area contributed by atoms with E-state index in [4.69, 9.17) is 0 Å². The molecule has 0 aromatic carbocycles. The maximum Gasteiger partial charge on any atom is 0.311 e. The smallest absolute Gasteiger partial charge is 0.311 e. The molecule has 1 aromatic rings. The van der Waals surface area contributed by atoms with Crippen LogP contribution in [0, 0.1) is 0 Å². The number of hydrogen-bond donors (Lipinski definition) is 2. The van der Waals surface area contributed by atoms with Crippen molar-refractivity contribution in [2.75, 3.05) is 7.05 Å². The van der Waals surface area contributed by atoms with Gasteiger partial charge in [-0.3, -0.25) is 0 Å². The van der Waals surface area contributed by atoms with Gasteiger partial charge in [0.1, 0.15) is 6.33 Å². The number of urea groups is 1. The number of nitrogens with zero attached hydrogens (tertiary/aromatic N) is 2. The van der Waals surface area contributed by atoms with Gasteiger partial charge < -0.3 is 11.1 Å². The Bertz CT molecular complexity index is 162. The maximum absolute atomic E-state index is 9.48. The first-order chi connectivity index (χ1) is 5.27. The van der Waals surface area contributed by atoms with Gasteiger partial charge in [-0.05, 0) is 6.07 Å². The highest BCUT2D eigenvalue weighted by Gasteiger charge is 1.72. The molecule has 0 aliphatic heterocycles. The van der Waals surface area contributed by atoms with Crippen LogP contribution in [0.1, 0.15) is 0 Å². The van der Waals surface area contributed by atoms with Crippen LogP contribution < -0.4 is 11.1 Å². The highest BCUT2D eigenvalue weighted by atomic mass is 16.2. The van der Waals surface area contributed by atoms with Gasteiger partial charge in [0.25, 0.3) is 0 Å². The number of hydrogen-bond acceptors (Lipinski definition) is 3. The van der Waals surface area contributed by atoms with Crippen molar-refractivity contribution < 1.29 is 4.79 Å². The highest BCUT2D eigenvalue weighted by Crippen LogP contribution is 1.66. The summed E-state index contributed by atoms with van der Waals surface area (Å²) in [6.45, 7) is 0. The minimum atomic E-state index is -0.495. The van der Waals surface area contributed by atoms with Crippen LogP contribution in [0.3, 0.4) is 0 Å². The van der Waals surface area contributed by atoms with Crippen molar-refractivity contribution in [3.8, 4) is 0 Å². The van der Waals surface area contributed by atoms with Gasteiger partial charge in [0, 0.05) is 19.4 Å². The molecular weight excluding hydrogens is 144 g/mol. The fourth-order valence-corrected chi connectivity index (χ4v) is 0.253. The molecule has 60 valence electrons. The summed E-state index contributed by atoms with van der Waals surface area (Å²) in [7, 11) is 1.47. The standard InChI is InChI=1S/C4H4N2.C2H6N2O/c1-2-5-4-6-3-1;1-4-2(3)5/h1-4H;1H3,(H3,3,4,5). The third kappa shape index (κ3) is 8.35. The van der Waals surface area contributed by atoms with E-state index in [1.54, 1.807) is 18.5 Å². The number of carbonyl (C=O) groups excluding carboxylic acids is 1. The first-order valence-electron chi connectivity index (χ1n) is 2.94. The largest absolute Gasteiger partial charge is 0.352 e. The molecule has 1 rings (SSSR count). The van der Waals surface area contributed by atoms with Gasteiger partial charge in [0.15, 0.2) is 0 Å². The molecule has 0 spiro atoms. The minimum Gasteiger partial charge on any atom is -0.352 e. The summed E-state index contributed by atoms with van der Waals surface area (Å²) >= 11 is 0. The predicted molar refractivity (Wildman–Crippen MR) is 40.7 cm³/mol. The Balaban J connectivity index is 0.000000187. The lowest BCUT2D eigenvalue weighted by atomic mass is 10.7. The van der Waals surface area contributed by atoms with Crippen molar-refractivity contribution in [2.45, 2.75) is 0 Å². The normalized spacial score (nSPS) is 7.36. The summed E-state index contributed by atoms with van der Waals surface area (Å²) < 4.78 is 0. The van der Waals surface area contributed by atoms with Crippen LogP contribution in [0.5, 0.6) is 0 Å². The lowest BCUT2D eigenvalue weighted by Gasteiger charge is -1.80. The molecule has 0 unspecified atom stereocenters. The first-order valence-corrected chi connectivity index (χ1v) is 2.94. The van der Waals surface area contributed by atoms with Gasteiger partial charge in [0.2, 0.25) is 0 Å². The number of rotatable bonds is 0. The van der Waals surface area contributed by atoms with E-state index in [-0.39, 0.29) is 0 Å². The Kier molecular flexibility index (Phi) is 5.50. The minimum absolute atomic E-state index is 0.495. The zero-order chi connectivity index (χ0) is 8.53. The van der Waals surface area contributed by atoms with Gasteiger partial charge in [-0.1, -0.05) is 0 Å². The molecule has 0 bridgehead atoms. The van der Waals surface area contributed by atoms with Crippen molar-refractivity contribution in [2.24, 2.45) is 5.73 Å². The zero-order valence-electron chi connectivity index (χ0n) is 6.19. The van der Waals surface area contributed by atoms with E-state index >= 15 is 0 Å². The molecule has 0 aliphatic carbocycles. The summed E-state index contributed by atoms with van der Waals surface area (Å²) in [5.41, 5.74) is 4.54. The third-order valence-electron chi connectivity index (χ3n) is 0.724. The van der Waals surface area contributed by atoms with Gasteiger partial charge in [-0.25, -0.2) is 14.8 Å². The van der Waals surface area contributed by atoms with Gasteiger partial charge >= 0.3 is 6.03 Å². The number of carbonyl (C=O) groups is 1. The van der Waals surface area contributed by atoms with Crippen LogP contribution in [0.15, 0.2) is 24.8 Å². The molecule has 11 heavy (non-hydrogen) atoms. The second kappa shape index (κ2) is 6.47. The zero-order valence-corrected chi connectivity index (χ0v) is 6.19.